The van der Waals surface area contributed by atoms with Crippen molar-refractivity contribution in [3.63, 3.8) is 0 Å². The molecule has 2 aromatic rings. The predicted octanol–water partition coefficient (Wildman–Crippen LogP) is 4.41. The van der Waals surface area contributed by atoms with Gasteiger partial charge in [0.2, 0.25) is 0 Å². The van der Waals surface area contributed by atoms with Crippen molar-refractivity contribution < 1.29 is 9.72 Å². The van der Waals surface area contributed by atoms with Crippen LogP contribution in [0.15, 0.2) is 36.4 Å². The molecule has 25 heavy (non-hydrogen) atoms. The van der Waals surface area contributed by atoms with E-state index in [1.807, 2.05) is 24.0 Å². The van der Waals surface area contributed by atoms with E-state index in [-0.39, 0.29) is 16.6 Å². The average molecular weight is 360 g/mol. The minimum absolute atomic E-state index is 0.0414. The second-order valence-corrected chi connectivity index (χ2v) is 6.50. The van der Waals surface area contributed by atoms with Crippen LogP contribution < -0.4 is 10.2 Å². The third-order valence-electron chi connectivity index (χ3n) is 4.27. The Hall–Kier alpha value is -2.60. The fourth-order valence-corrected chi connectivity index (χ4v) is 3.11. The Balaban J connectivity index is 1.92. The van der Waals surface area contributed by atoms with E-state index < -0.39 is 4.92 Å². The molecule has 0 bridgehead atoms. The number of halogens is 1. The SMILES string of the molecule is Cc1ccc(C(=O)Nc2cc(N3CCCC3)c([N+](=O)[O-])cc2Cl)cc1. The summed E-state index contributed by atoms with van der Waals surface area (Å²) < 4.78 is 0. The summed E-state index contributed by atoms with van der Waals surface area (Å²) in [5.74, 6) is -0.303. The van der Waals surface area contributed by atoms with Crippen molar-refractivity contribution in [2.45, 2.75) is 19.8 Å². The van der Waals surface area contributed by atoms with E-state index in [4.69, 9.17) is 11.6 Å². The maximum atomic E-state index is 12.4. The van der Waals surface area contributed by atoms with Crippen molar-refractivity contribution in [3.8, 4) is 0 Å². The van der Waals surface area contributed by atoms with Crippen molar-refractivity contribution in [2.75, 3.05) is 23.3 Å². The molecule has 7 heteroatoms. The summed E-state index contributed by atoms with van der Waals surface area (Å²) in [7, 11) is 0. The van der Waals surface area contributed by atoms with Crippen LogP contribution in [-0.4, -0.2) is 23.9 Å². The van der Waals surface area contributed by atoms with E-state index in [0.29, 0.717) is 16.9 Å². The van der Waals surface area contributed by atoms with Gasteiger partial charge in [0, 0.05) is 24.7 Å². The highest BCUT2D eigenvalue weighted by Gasteiger charge is 2.25. The van der Waals surface area contributed by atoms with Gasteiger partial charge in [-0.25, -0.2) is 0 Å². The average Bonchev–Trinajstić information content (AvgIpc) is 3.11. The van der Waals surface area contributed by atoms with E-state index in [9.17, 15) is 14.9 Å². The standard InChI is InChI=1S/C18H18ClN3O3/c1-12-4-6-13(7-5-12)18(23)20-15-11-16(21-8-2-3-9-21)17(22(24)25)10-14(15)19/h4-7,10-11H,2-3,8-9H2,1H3,(H,20,23). The van der Waals surface area contributed by atoms with Crippen LogP contribution in [-0.2, 0) is 0 Å². The van der Waals surface area contributed by atoms with E-state index in [1.165, 1.54) is 6.07 Å². The summed E-state index contributed by atoms with van der Waals surface area (Å²) in [6.07, 6.45) is 1.98. The maximum Gasteiger partial charge on any atom is 0.294 e. The van der Waals surface area contributed by atoms with Crippen LogP contribution in [0.5, 0.6) is 0 Å². The highest BCUT2D eigenvalue weighted by molar-refractivity contribution is 6.34. The lowest BCUT2D eigenvalue weighted by atomic mass is 10.1. The summed E-state index contributed by atoms with van der Waals surface area (Å²) in [5.41, 5.74) is 2.38. The van der Waals surface area contributed by atoms with Crippen LogP contribution in [0.25, 0.3) is 0 Å². The fourth-order valence-electron chi connectivity index (χ4n) is 2.90. The zero-order valence-corrected chi connectivity index (χ0v) is 14.5. The molecule has 1 heterocycles. The number of carbonyl (C=O) groups excluding carboxylic acids is 1. The first-order valence-electron chi connectivity index (χ1n) is 8.06. The quantitative estimate of drug-likeness (QED) is 0.648. The van der Waals surface area contributed by atoms with E-state index in [0.717, 1.165) is 31.5 Å². The highest BCUT2D eigenvalue weighted by Crippen LogP contribution is 2.38. The number of nitrogens with zero attached hydrogens (tertiary/aromatic N) is 2. The molecular weight excluding hydrogens is 342 g/mol. The Morgan fingerprint density at radius 3 is 2.44 bits per heavy atom. The third-order valence-corrected chi connectivity index (χ3v) is 4.58. The monoisotopic (exact) mass is 359 g/mol. The van der Waals surface area contributed by atoms with Gasteiger partial charge in [-0.15, -0.1) is 0 Å². The molecule has 0 spiro atoms. The molecule has 0 atom stereocenters. The molecule has 130 valence electrons. The van der Waals surface area contributed by atoms with Crippen LogP contribution in [0.4, 0.5) is 17.1 Å². The van der Waals surface area contributed by atoms with E-state index in [1.54, 1.807) is 18.2 Å². The number of anilines is 2. The van der Waals surface area contributed by atoms with Crippen molar-refractivity contribution in [1.29, 1.82) is 0 Å². The largest absolute Gasteiger partial charge is 0.366 e. The molecule has 0 unspecified atom stereocenters. The smallest absolute Gasteiger partial charge is 0.294 e. The van der Waals surface area contributed by atoms with Gasteiger partial charge in [-0.05, 0) is 38.0 Å². The Bertz CT molecular complexity index is 815. The summed E-state index contributed by atoms with van der Waals surface area (Å²) in [4.78, 5) is 25.3. The molecule has 1 N–H and O–H groups in total. The van der Waals surface area contributed by atoms with Crippen LogP contribution in [0.2, 0.25) is 5.02 Å². The number of hydrogen-bond donors (Lipinski definition) is 1. The molecule has 2 aromatic carbocycles. The van der Waals surface area contributed by atoms with Crippen LogP contribution in [0, 0.1) is 17.0 Å². The van der Waals surface area contributed by atoms with Gasteiger partial charge in [0.05, 0.1) is 15.6 Å². The van der Waals surface area contributed by atoms with Gasteiger partial charge in [-0.1, -0.05) is 29.3 Å². The molecule has 0 aromatic heterocycles. The molecule has 0 aliphatic carbocycles. The van der Waals surface area contributed by atoms with Crippen LogP contribution >= 0.6 is 11.6 Å². The molecule has 1 fully saturated rings. The first-order chi connectivity index (χ1) is 12.0. The molecule has 1 aliphatic heterocycles. The minimum Gasteiger partial charge on any atom is -0.366 e. The zero-order chi connectivity index (χ0) is 18.0. The molecule has 6 nitrogen and oxygen atoms in total. The Morgan fingerprint density at radius 1 is 1.20 bits per heavy atom. The number of carbonyl (C=O) groups is 1. The summed E-state index contributed by atoms with van der Waals surface area (Å²) in [6.45, 7) is 3.46. The number of hydrogen-bond acceptors (Lipinski definition) is 4. The van der Waals surface area contributed by atoms with Crippen LogP contribution in [0.1, 0.15) is 28.8 Å². The fraction of sp³-hybridized carbons (Fsp3) is 0.278. The van der Waals surface area contributed by atoms with Crippen molar-refractivity contribution in [1.82, 2.24) is 0 Å². The van der Waals surface area contributed by atoms with Gasteiger partial charge < -0.3 is 10.2 Å². The Morgan fingerprint density at radius 2 is 1.84 bits per heavy atom. The van der Waals surface area contributed by atoms with Gasteiger partial charge in [0.15, 0.2) is 0 Å². The van der Waals surface area contributed by atoms with Gasteiger partial charge in [0.25, 0.3) is 11.6 Å². The maximum absolute atomic E-state index is 12.4. The second kappa shape index (κ2) is 7.11. The number of nitro benzene ring substituents is 1. The highest BCUT2D eigenvalue weighted by atomic mass is 35.5. The molecule has 3 rings (SSSR count). The third kappa shape index (κ3) is 3.74. The zero-order valence-electron chi connectivity index (χ0n) is 13.8. The Kier molecular flexibility index (Phi) is 4.90. The normalized spacial score (nSPS) is 13.8. The molecule has 1 aliphatic rings. The Labute approximate surface area is 150 Å². The van der Waals surface area contributed by atoms with Crippen molar-refractivity contribution in [3.05, 3.63) is 62.7 Å². The van der Waals surface area contributed by atoms with E-state index in [2.05, 4.69) is 5.32 Å². The molecular formula is C18H18ClN3O3. The van der Waals surface area contributed by atoms with Crippen molar-refractivity contribution in [2.24, 2.45) is 0 Å². The molecule has 1 amide bonds. The lowest BCUT2D eigenvalue weighted by Gasteiger charge is -2.19. The molecule has 0 saturated carbocycles. The second-order valence-electron chi connectivity index (χ2n) is 6.09. The summed E-state index contributed by atoms with van der Waals surface area (Å²) in [5, 5.41) is 14.3. The van der Waals surface area contributed by atoms with E-state index >= 15 is 0 Å². The first kappa shape index (κ1) is 17.2. The molecule has 1 saturated heterocycles. The number of nitro groups is 1. The topological polar surface area (TPSA) is 75.5 Å². The number of aryl methyl sites for hydroxylation is 1. The predicted molar refractivity (Wildman–Crippen MR) is 98.7 cm³/mol. The van der Waals surface area contributed by atoms with Gasteiger partial charge in [-0.2, -0.15) is 0 Å². The number of benzene rings is 2. The lowest BCUT2D eigenvalue weighted by Crippen LogP contribution is -2.20. The summed E-state index contributed by atoms with van der Waals surface area (Å²) in [6, 6.07) is 10.1. The number of rotatable bonds is 4. The first-order valence-corrected chi connectivity index (χ1v) is 8.44. The number of nitrogens with one attached hydrogen (secondary N) is 1. The van der Waals surface area contributed by atoms with Gasteiger partial charge in [0.1, 0.15) is 5.69 Å². The van der Waals surface area contributed by atoms with Crippen LogP contribution in [0.3, 0.4) is 0 Å². The minimum atomic E-state index is -0.439. The van der Waals surface area contributed by atoms with Crippen molar-refractivity contribution >= 4 is 34.6 Å². The number of amides is 1. The van der Waals surface area contributed by atoms with Gasteiger partial charge >= 0.3 is 0 Å². The summed E-state index contributed by atoms with van der Waals surface area (Å²) >= 11 is 6.17. The lowest BCUT2D eigenvalue weighted by molar-refractivity contribution is -0.384. The van der Waals surface area contributed by atoms with Gasteiger partial charge in [-0.3, -0.25) is 14.9 Å². The molecule has 0 radical (unpaired) electrons.